The zero-order valence-corrected chi connectivity index (χ0v) is 19.8. The number of hydrogen-bond donors (Lipinski definition) is 1. The summed E-state index contributed by atoms with van der Waals surface area (Å²) in [4.78, 5) is 33.2. The first-order valence-corrected chi connectivity index (χ1v) is 12.1. The highest BCUT2D eigenvalue weighted by Gasteiger charge is 2.36. The molecule has 2 aliphatic rings. The molecule has 2 amide bonds. The van der Waals surface area contributed by atoms with Crippen molar-refractivity contribution in [2.75, 3.05) is 32.8 Å². The molecule has 1 N–H and O–H groups in total. The lowest BCUT2D eigenvalue weighted by Gasteiger charge is -2.26. The number of morpholine rings is 1. The predicted octanol–water partition coefficient (Wildman–Crippen LogP) is 2.78. The predicted molar refractivity (Wildman–Crippen MR) is 138 cm³/mol. The number of ether oxygens (including phenoxy) is 1. The molecule has 0 bridgehead atoms. The molecule has 1 fully saturated rings. The van der Waals surface area contributed by atoms with Gasteiger partial charge >= 0.3 is 0 Å². The van der Waals surface area contributed by atoms with Crippen LogP contribution >= 0.6 is 0 Å². The minimum atomic E-state index is -0.450. The van der Waals surface area contributed by atoms with Gasteiger partial charge in [0.25, 0.3) is 11.8 Å². The zero-order valence-electron chi connectivity index (χ0n) is 19.8. The lowest BCUT2D eigenvalue weighted by Crippen LogP contribution is -2.37. The first-order valence-electron chi connectivity index (χ1n) is 12.1. The van der Waals surface area contributed by atoms with Gasteiger partial charge in [-0.2, -0.15) is 5.10 Å². The van der Waals surface area contributed by atoms with E-state index in [1.54, 1.807) is 12.4 Å². The molecule has 0 saturated carbocycles. The van der Waals surface area contributed by atoms with Crippen molar-refractivity contribution in [3.8, 4) is 0 Å². The summed E-state index contributed by atoms with van der Waals surface area (Å²) in [7, 11) is 0. The molecular formula is C27H26N6O3. The lowest BCUT2D eigenvalue weighted by molar-refractivity contribution is -0.122. The molecule has 9 nitrogen and oxygen atoms in total. The van der Waals surface area contributed by atoms with Gasteiger partial charge < -0.3 is 9.30 Å². The summed E-state index contributed by atoms with van der Waals surface area (Å²) >= 11 is 0. The van der Waals surface area contributed by atoms with E-state index in [2.05, 4.69) is 21.8 Å². The molecule has 0 unspecified atom stereocenters. The third-order valence-corrected chi connectivity index (χ3v) is 6.83. The summed E-state index contributed by atoms with van der Waals surface area (Å²) in [6.45, 7) is 8.85. The van der Waals surface area contributed by atoms with E-state index in [0.717, 1.165) is 55.6 Å². The summed E-state index contributed by atoms with van der Waals surface area (Å²) < 4.78 is 9.14. The molecule has 1 aromatic carbocycles. The van der Waals surface area contributed by atoms with Crippen molar-refractivity contribution in [2.45, 2.75) is 13.0 Å². The average Bonchev–Trinajstić information content (AvgIpc) is 3.55. The highest BCUT2D eigenvalue weighted by atomic mass is 16.5. The first kappa shape index (κ1) is 22.4. The Morgan fingerprint density at radius 3 is 2.61 bits per heavy atom. The van der Waals surface area contributed by atoms with Crippen molar-refractivity contribution in [3.05, 3.63) is 66.6 Å². The number of benzene rings is 1. The molecule has 2 aliphatic heterocycles. The Bertz CT molecular complexity index is 1540. The highest BCUT2D eigenvalue weighted by Crippen LogP contribution is 2.37. The number of fused-ring (bicyclic) bond motifs is 2. The Labute approximate surface area is 207 Å². The summed E-state index contributed by atoms with van der Waals surface area (Å²) in [6.07, 6.45) is 6.13. The molecule has 0 spiro atoms. The minimum absolute atomic E-state index is 0.275. The van der Waals surface area contributed by atoms with E-state index >= 15 is 0 Å². The average molecular weight is 483 g/mol. The lowest BCUT2D eigenvalue weighted by atomic mass is 9.98. The Hall–Kier alpha value is -4.08. The number of rotatable bonds is 7. The third-order valence-electron chi connectivity index (χ3n) is 6.83. The Morgan fingerprint density at radius 1 is 1.00 bits per heavy atom. The van der Waals surface area contributed by atoms with Gasteiger partial charge in [0.1, 0.15) is 5.69 Å². The Kier molecular flexibility index (Phi) is 5.71. The van der Waals surface area contributed by atoms with E-state index in [-0.39, 0.29) is 5.57 Å². The second-order valence-corrected chi connectivity index (χ2v) is 8.94. The second-order valence-electron chi connectivity index (χ2n) is 8.94. The number of aromatic nitrogens is 4. The van der Waals surface area contributed by atoms with Gasteiger partial charge in [0.15, 0.2) is 5.65 Å². The number of hydrogen-bond acceptors (Lipinski definition) is 6. The maximum absolute atomic E-state index is 13.1. The van der Waals surface area contributed by atoms with Crippen LogP contribution in [-0.4, -0.2) is 68.9 Å². The molecule has 9 heteroatoms. The number of nitrogens with one attached hydrogen (secondary N) is 1. The number of nitrogens with zero attached hydrogens (tertiary/aromatic N) is 5. The molecule has 182 valence electrons. The molecule has 6 rings (SSSR count). The largest absolute Gasteiger partial charge is 0.379 e. The molecule has 0 aliphatic carbocycles. The fourth-order valence-corrected chi connectivity index (χ4v) is 5.11. The van der Waals surface area contributed by atoms with Crippen molar-refractivity contribution < 1.29 is 14.3 Å². The van der Waals surface area contributed by atoms with Crippen LogP contribution in [0.1, 0.15) is 17.7 Å². The van der Waals surface area contributed by atoms with E-state index in [0.29, 0.717) is 29.0 Å². The number of carbonyl (C=O) groups is 2. The summed E-state index contributed by atoms with van der Waals surface area (Å²) in [5.74, 6) is -0.880. The van der Waals surface area contributed by atoms with Crippen molar-refractivity contribution in [3.63, 3.8) is 0 Å². The monoisotopic (exact) mass is 482 g/mol. The minimum Gasteiger partial charge on any atom is -0.379 e. The van der Waals surface area contributed by atoms with E-state index in [1.165, 1.54) is 0 Å². The van der Waals surface area contributed by atoms with Gasteiger partial charge in [0.2, 0.25) is 0 Å². The van der Waals surface area contributed by atoms with Crippen molar-refractivity contribution >= 4 is 51.1 Å². The molecule has 3 aromatic heterocycles. The van der Waals surface area contributed by atoms with E-state index in [9.17, 15) is 9.59 Å². The van der Waals surface area contributed by atoms with Crippen molar-refractivity contribution in [2.24, 2.45) is 0 Å². The molecule has 0 atom stereocenters. The van der Waals surface area contributed by atoms with Crippen LogP contribution in [0.3, 0.4) is 0 Å². The van der Waals surface area contributed by atoms with Gasteiger partial charge in [-0.1, -0.05) is 24.8 Å². The van der Waals surface area contributed by atoms with Crippen LogP contribution in [0.5, 0.6) is 0 Å². The third kappa shape index (κ3) is 3.73. The van der Waals surface area contributed by atoms with Gasteiger partial charge in [-0.3, -0.25) is 19.8 Å². The molecule has 4 aromatic rings. The quantitative estimate of drug-likeness (QED) is 0.407. The number of carbonyl (C=O) groups excluding carboxylic acids is 2. The van der Waals surface area contributed by atoms with Gasteiger partial charge in [-0.25, -0.2) is 9.67 Å². The van der Waals surface area contributed by atoms with Crippen LogP contribution < -0.4 is 5.32 Å². The molecule has 1 saturated heterocycles. The summed E-state index contributed by atoms with van der Waals surface area (Å²) in [6, 6.07) is 11.5. The van der Waals surface area contributed by atoms with Gasteiger partial charge in [-0.05, 0) is 24.6 Å². The highest BCUT2D eigenvalue weighted by molar-refractivity contribution is 6.50. The number of aryl methyl sites for hydroxylation is 1. The number of para-hydroxylation sites is 1. The summed E-state index contributed by atoms with van der Waals surface area (Å²) in [5.41, 5.74) is 3.34. The van der Waals surface area contributed by atoms with E-state index in [1.807, 2.05) is 51.8 Å². The van der Waals surface area contributed by atoms with Gasteiger partial charge in [-0.15, -0.1) is 0 Å². The topological polar surface area (TPSA) is 94.3 Å². The molecule has 36 heavy (non-hydrogen) atoms. The van der Waals surface area contributed by atoms with Crippen LogP contribution in [0.2, 0.25) is 0 Å². The smallest absolute Gasteiger partial charge is 0.261 e. The van der Waals surface area contributed by atoms with Crippen LogP contribution in [0.25, 0.3) is 39.3 Å². The molecule has 0 radical (unpaired) electrons. The molecular weight excluding hydrogens is 456 g/mol. The second kappa shape index (κ2) is 9.18. The fraction of sp³-hybridized carbons (Fsp3) is 0.259. The van der Waals surface area contributed by atoms with Crippen LogP contribution in [0.4, 0.5) is 0 Å². The number of pyridine rings is 1. The SMILES string of the molecule is C=Cn1cc(C2=C(c3nn(CCCN4CCOCC4)c4ncccc34)C(=O)NC2=O)c2ccccc21. The van der Waals surface area contributed by atoms with Crippen LogP contribution in [-0.2, 0) is 20.9 Å². The molecule has 5 heterocycles. The van der Waals surface area contributed by atoms with Crippen LogP contribution in [0, 0.1) is 0 Å². The van der Waals surface area contributed by atoms with Crippen molar-refractivity contribution in [1.82, 2.24) is 29.5 Å². The fourth-order valence-electron chi connectivity index (χ4n) is 5.11. The van der Waals surface area contributed by atoms with Gasteiger partial charge in [0.05, 0.1) is 29.9 Å². The Balaban J connectivity index is 1.45. The normalized spacial score (nSPS) is 16.9. The standard InChI is InChI=1S/C27H26N6O3/c1-2-32-17-20(18-7-3-4-9-21(18)32)22-23(27(35)29-26(22)34)24-19-8-5-10-28-25(19)33(30-24)12-6-11-31-13-15-36-16-14-31/h2-5,7-10,17H,1,6,11-16H2,(H,29,34,35). The number of amides is 2. The number of imide groups is 1. The summed E-state index contributed by atoms with van der Waals surface area (Å²) in [5, 5.41) is 8.93. The van der Waals surface area contributed by atoms with Crippen LogP contribution in [0.15, 0.2) is 55.4 Å². The maximum Gasteiger partial charge on any atom is 0.261 e. The zero-order chi connectivity index (χ0) is 24.6. The van der Waals surface area contributed by atoms with E-state index < -0.39 is 11.8 Å². The van der Waals surface area contributed by atoms with Crippen molar-refractivity contribution in [1.29, 1.82) is 0 Å². The Morgan fingerprint density at radius 2 is 1.78 bits per heavy atom. The first-order chi connectivity index (χ1) is 17.7. The van der Waals surface area contributed by atoms with E-state index in [4.69, 9.17) is 9.84 Å². The van der Waals surface area contributed by atoms with Gasteiger partial charge in [0, 0.05) is 61.1 Å². The maximum atomic E-state index is 13.1.